The predicted octanol–water partition coefficient (Wildman–Crippen LogP) is 3.43. The lowest BCUT2D eigenvalue weighted by Gasteiger charge is -2.20. The molecule has 1 aromatic carbocycles. The third-order valence-electron chi connectivity index (χ3n) is 3.37. The number of nitrogens with two attached hydrogens (primary N) is 1. The van der Waals surface area contributed by atoms with Crippen LogP contribution in [0.3, 0.4) is 0 Å². The molecule has 2 rings (SSSR count). The smallest absolute Gasteiger partial charge is 0.138 e. The van der Waals surface area contributed by atoms with Gasteiger partial charge in [-0.1, -0.05) is 23.2 Å². The van der Waals surface area contributed by atoms with Gasteiger partial charge in [0.2, 0.25) is 0 Å². The van der Waals surface area contributed by atoms with Crippen molar-refractivity contribution in [2.75, 3.05) is 13.7 Å². The van der Waals surface area contributed by atoms with E-state index in [4.69, 9.17) is 38.4 Å². The Morgan fingerprint density at radius 3 is 2.67 bits per heavy atom. The van der Waals surface area contributed by atoms with Crippen LogP contribution in [0.25, 0.3) is 0 Å². The molecule has 0 aromatic heterocycles. The standard InChI is InChI=1S/C13H17Cl2NO2/c1-7-3-8(6-18-7)13(16)9-4-11(15)12(17-2)5-10(9)14/h4-5,7-8,13H,3,6,16H2,1-2H3. The first-order chi connectivity index (χ1) is 8.52. The fourth-order valence-electron chi connectivity index (χ4n) is 2.31. The van der Waals surface area contributed by atoms with Gasteiger partial charge in [0.25, 0.3) is 0 Å². The third kappa shape index (κ3) is 2.75. The van der Waals surface area contributed by atoms with Crippen LogP contribution in [0.5, 0.6) is 5.75 Å². The number of ether oxygens (including phenoxy) is 2. The van der Waals surface area contributed by atoms with Gasteiger partial charge in [-0.3, -0.25) is 0 Å². The maximum atomic E-state index is 6.26. The van der Waals surface area contributed by atoms with Crippen LogP contribution in [0.2, 0.25) is 10.0 Å². The molecule has 0 amide bonds. The van der Waals surface area contributed by atoms with E-state index in [1.165, 1.54) is 0 Å². The average molecular weight is 290 g/mol. The Balaban J connectivity index is 2.25. The highest BCUT2D eigenvalue weighted by Gasteiger charge is 2.29. The van der Waals surface area contributed by atoms with E-state index in [2.05, 4.69) is 6.92 Å². The number of hydrogen-bond donors (Lipinski definition) is 1. The normalized spacial score (nSPS) is 25.2. The van der Waals surface area contributed by atoms with Gasteiger partial charge in [-0.15, -0.1) is 0 Å². The molecule has 1 heterocycles. The van der Waals surface area contributed by atoms with Crippen LogP contribution < -0.4 is 10.5 Å². The quantitative estimate of drug-likeness (QED) is 0.927. The summed E-state index contributed by atoms with van der Waals surface area (Å²) in [6.07, 6.45) is 1.20. The molecule has 0 spiro atoms. The summed E-state index contributed by atoms with van der Waals surface area (Å²) in [4.78, 5) is 0. The van der Waals surface area contributed by atoms with E-state index in [9.17, 15) is 0 Å². The summed E-state index contributed by atoms with van der Waals surface area (Å²) in [6.45, 7) is 2.72. The van der Waals surface area contributed by atoms with E-state index in [1.807, 2.05) is 0 Å². The molecule has 18 heavy (non-hydrogen) atoms. The first kappa shape index (κ1) is 13.9. The second kappa shape index (κ2) is 5.66. The van der Waals surface area contributed by atoms with Crippen LogP contribution in [-0.4, -0.2) is 19.8 Å². The SMILES string of the molecule is COc1cc(Cl)c(C(N)C2COC(C)C2)cc1Cl. The van der Waals surface area contributed by atoms with Gasteiger partial charge in [0.15, 0.2) is 0 Å². The Hall–Kier alpha value is -0.480. The number of hydrogen-bond acceptors (Lipinski definition) is 3. The summed E-state index contributed by atoms with van der Waals surface area (Å²) in [5.41, 5.74) is 7.11. The largest absolute Gasteiger partial charge is 0.495 e. The first-order valence-electron chi connectivity index (χ1n) is 5.93. The Labute approximate surface area is 117 Å². The zero-order chi connectivity index (χ0) is 13.3. The van der Waals surface area contributed by atoms with E-state index < -0.39 is 0 Å². The van der Waals surface area contributed by atoms with E-state index in [-0.39, 0.29) is 18.1 Å². The molecule has 0 radical (unpaired) electrons. The molecule has 1 saturated heterocycles. The Morgan fingerprint density at radius 2 is 2.11 bits per heavy atom. The van der Waals surface area contributed by atoms with Crippen molar-refractivity contribution in [1.82, 2.24) is 0 Å². The van der Waals surface area contributed by atoms with E-state index in [0.717, 1.165) is 12.0 Å². The third-order valence-corrected chi connectivity index (χ3v) is 3.99. The topological polar surface area (TPSA) is 44.5 Å². The Morgan fingerprint density at radius 1 is 1.39 bits per heavy atom. The number of rotatable bonds is 3. The Kier molecular flexibility index (Phi) is 4.38. The average Bonchev–Trinajstić information content (AvgIpc) is 2.77. The first-order valence-corrected chi connectivity index (χ1v) is 6.68. The highest BCUT2D eigenvalue weighted by Crippen LogP contribution is 2.38. The lowest BCUT2D eigenvalue weighted by molar-refractivity contribution is 0.118. The zero-order valence-electron chi connectivity index (χ0n) is 10.5. The monoisotopic (exact) mass is 289 g/mol. The van der Waals surface area contributed by atoms with Crippen molar-refractivity contribution >= 4 is 23.2 Å². The van der Waals surface area contributed by atoms with Gasteiger partial charge in [0.05, 0.1) is 24.8 Å². The molecule has 1 aliphatic rings. The lowest BCUT2D eigenvalue weighted by Crippen LogP contribution is -2.22. The maximum absolute atomic E-state index is 6.26. The van der Waals surface area contributed by atoms with Gasteiger partial charge in [-0.25, -0.2) is 0 Å². The molecular weight excluding hydrogens is 273 g/mol. The summed E-state index contributed by atoms with van der Waals surface area (Å²) in [5, 5.41) is 1.11. The molecule has 1 fully saturated rings. The van der Waals surface area contributed by atoms with Crippen molar-refractivity contribution in [1.29, 1.82) is 0 Å². The molecule has 3 atom stereocenters. The summed E-state index contributed by atoms with van der Waals surface area (Å²) in [6, 6.07) is 3.33. The fraction of sp³-hybridized carbons (Fsp3) is 0.538. The Bertz CT molecular complexity index is 439. The molecule has 100 valence electrons. The van der Waals surface area contributed by atoms with Crippen LogP contribution >= 0.6 is 23.2 Å². The van der Waals surface area contributed by atoms with Crippen LogP contribution in [0.1, 0.15) is 24.9 Å². The van der Waals surface area contributed by atoms with Gasteiger partial charge in [-0.05, 0) is 25.0 Å². The predicted molar refractivity (Wildman–Crippen MR) is 73.5 cm³/mol. The summed E-state index contributed by atoms with van der Waals surface area (Å²) >= 11 is 12.3. The fourth-order valence-corrected chi connectivity index (χ4v) is 2.84. The highest BCUT2D eigenvalue weighted by molar-refractivity contribution is 6.34. The molecule has 0 bridgehead atoms. The van der Waals surface area contributed by atoms with E-state index in [0.29, 0.717) is 22.4 Å². The molecule has 1 aromatic rings. The van der Waals surface area contributed by atoms with Gasteiger partial charge in [0, 0.05) is 23.0 Å². The molecular formula is C13H17Cl2NO2. The minimum atomic E-state index is -0.161. The molecule has 0 saturated carbocycles. The van der Waals surface area contributed by atoms with E-state index in [1.54, 1.807) is 19.2 Å². The van der Waals surface area contributed by atoms with Crippen molar-refractivity contribution in [2.45, 2.75) is 25.5 Å². The zero-order valence-corrected chi connectivity index (χ0v) is 12.0. The summed E-state index contributed by atoms with van der Waals surface area (Å²) < 4.78 is 10.7. The molecule has 5 heteroatoms. The lowest BCUT2D eigenvalue weighted by atomic mass is 9.92. The highest BCUT2D eigenvalue weighted by atomic mass is 35.5. The van der Waals surface area contributed by atoms with Crippen LogP contribution in [0, 0.1) is 5.92 Å². The van der Waals surface area contributed by atoms with Crippen molar-refractivity contribution in [2.24, 2.45) is 11.7 Å². The number of halogens is 2. The second-order valence-electron chi connectivity index (χ2n) is 4.67. The molecule has 0 aliphatic carbocycles. The second-order valence-corrected chi connectivity index (χ2v) is 5.49. The van der Waals surface area contributed by atoms with E-state index >= 15 is 0 Å². The number of benzene rings is 1. The van der Waals surface area contributed by atoms with Gasteiger partial charge < -0.3 is 15.2 Å². The van der Waals surface area contributed by atoms with Crippen molar-refractivity contribution in [3.63, 3.8) is 0 Å². The minimum absolute atomic E-state index is 0.161. The van der Waals surface area contributed by atoms with Gasteiger partial charge in [-0.2, -0.15) is 0 Å². The molecule has 2 N–H and O–H groups in total. The van der Waals surface area contributed by atoms with Crippen molar-refractivity contribution in [3.05, 3.63) is 27.7 Å². The molecule has 3 nitrogen and oxygen atoms in total. The maximum Gasteiger partial charge on any atom is 0.138 e. The van der Waals surface area contributed by atoms with Gasteiger partial charge >= 0.3 is 0 Å². The summed E-state index contributed by atoms with van der Waals surface area (Å²) in [7, 11) is 1.56. The molecule has 1 aliphatic heterocycles. The van der Waals surface area contributed by atoms with Gasteiger partial charge in [0.1, 0.15) is 5.75 Å². The molecule has 3 unspecified atom stereocenters. The van der Waals surface area contributed by atoms with Crippen LogP contribution in [0.4, 0.5) is 0 Å². The van der Waals surface area contributed by atoms with Crippen molar-refractivity contribution in [3.8, 4) is 5.75 Å². The van der Waals surface area contributed by atoms with Crippen LogP contribution in [-0.2, 0) is 4.74 Å². The van der Waals surface area contributed by atoms with Crippen molar-refractivity contribution < 1.29 is 9.47 Å². The number of methoxy groups -OCH3 is 1. The van der Waals surface area contributed by atoms with Crippen LogP contribution in [0.15, 0.2) is 12.1 Å². The minimum Gasteiger partial charge on any atom is -0.495 e. The summed E-state index contributed by atoms with van der Waals surface area (Å²) in [5.74, 6) is 0.843.